The van der Waals surface area contributed by atoms with Crippen LogP contribution in [0, 0.1) is 0 Å². The molecular formula is C38H72O8. The molecule has 0 saturated heterocycles. The third-order valence-corrected chi connectivity index (χ3v) is 7.57. The number of esters is 4. The Hall–Kier alpha value is -2.12. The summed E-state index contributed by atoms with van der Waals surface area (Å²) >= 11 is 0. The Morgan fingerprint density at radius 2 is 0.500 bits per heavy atom. The fraction of sp³-hybridized carbons (Fsp3) is 0.895. The van der Waals surface area contributed by atoms with E-state index in [-0.39, 0.29) is 23.9 Å². The Kier molecular flexibility index (Phi) is 39.1. The van der Waals surface area contributed by atoms with Crippen molar-refractivity contribution >= 4 is 23.9 Å². The molecule has 0 atom stereocenters. The molecule has 8 heteroatoms. The van der Waals surface area contributed by atoms with Crippen LogP contribution in [0.2, 0.25) is 0 Å². The van der Waals surface area contributed by atoms with E-state index in [1.807, 2.05) is 0 Å². The SMILES string of the molecule is CCCCCCCOC(=O)CCCCC(=O)OCCCCCCC.CCCCOC(=O)CCCCCCCCC(=O)OCCCC. The van der Waals surface area contributed by atoms with Crippen LogP contribution in [0.5, 0.6) is 0 Å². The average Bonchev–Trinajstić information content (AvgIpc) is 3.04. The molecular weight excluding hydrogens is 584 g/mol. The molecule has 0 amide bonds. The van der Waals surface area contributed by atoms with Gasteiger partial charge in [0.05, 0.1) is 26.4 Å². The van der Waals surface area contributed by atoms with Gasteiger partial charge in [-0.05, 0) is 51.4 Å². The van der Waals surface area contributed by atoms with Gasteiger partial charge in [0.1, 0.15) is 0 Å². The van der Waals surface area contributed by atoms with Gasteiger partial charge in [-0.15, -0.1) is 0 Å². The van der Waals surface area contributed by atoms with Crippen molar-refractivity contribution in [3.8, 4) is 0 Å². The van der Waals surface area contributed by atoms with Crippen molar-refractivity contribution in [1.82, 2.24) is 0 Å². The van der Waals surface area contributed by atoms with Crippen LogP contribution < -0.4 is 0 Å². The van der Waals surface area contributed by atoms with Crippen LogP contribution in [0.3, 0.4) is 0 Å². The monoisotopic (exact) mass is 657 g/mol. The van der Waals surface area contributed by atoms with Crippen molar-refractivity contribution in [1.29, 1.82) is 0 Å². The number of unbranched alkanes of at least 4 members (excludes halogenated alkanes) is 16. The zero-order valence-corrected chi connectivity index (χ0v) is 30.5. The van der Waals surface area contributed by atoms with E-state index in [9.17, 15) is 19.2 Å². The molecule has 0 aromatic heterocycles. The number of hydrogen-bond acceptors (Lipinski definition) is 8. The highest BCUT2D eigenvalue weighted by Gasteiger charge is 2.07. The molecule has 0 aromatic rings. The van der Waals surface area contributed by atoms with E-state index < -0.39 is 0 Å². The Bertz CT molecular complexity index is 636. The van der Waals surface area contributed by atoms with Crippen molar-refractivity contribution in [3.05, 3.63) is 0 Å². The molecule has 272 valence electrons. The number of rotatable bonds is 32. The summed E-state index contributed by atoms with van der Waals surface area (Å²) in [6.07, 6.45) is 25.0. The minimum absolute atomic E-state index is 0.0664. The second-order valence-electron chi connectivity index (χ2n) is 12.2. The summed E-state index contributed by atoms with van der Waals surface area (Å²) in [6.45, 7) is 10.7. The van der Waals surface area contributed by atoms with Gasteiger partial charge < -0.3 is 18.9 Å². The van der Waals surface area contributed by atoms with Crippen LogP contribution in [0.4, 0.5) is 0 Å². The van der Waals surface area contributed by atoms with Gasteiger partial charge in [-0.3, -0.25) is 19.2 Å². The molecule has 0 fully saturated rings. The molecule has 8 nitrogen and oxygen atoms in total. The molecule has 0 unspecified atom stereocenters. The molecule has 0 N–H and O–H groups in total. The lowest BCUT2D eigenvalue weighted by Crippen LogP contribution is -2.08. The summed E-state index contributed by atoms with van der Waals surface area (Å²) in [7, 11) is 0. The first-order chi connectivity index (χ1) is 22.4. The largest absolute Gasteiger partial charge is 0.466 e. The van der Waals surface area contributed by atoms with Gasteiger partial charge in [0, 0.05) is 25.7 Å². The Balaban J connectivity index is 0. The second-order valence-corrected chi connectivity index (χ2v) is 12.2. The summed E-state index contributed by atoms with van der Waals surface area (Å²) < 4.78 is 20.6. The third kappa shape index (κ3) is 39.9. The molecule has 0 rings (SSSR count). The lowest BCUT2D eigenvalue weighted by molar-refractivity contribution is -0.146. The minimum atomic E-state index is -0.144. The van der Waals surface area contributed by atoms with E-state index in [0.717, 1.165) is 89.9 Å². The number of hydrogen-bond donors (Lipinski definition) is 0. The highest BCUT2D eigenvalue weighted by Crippen LogP contribution is 2.10. The van der Waals surface area contributed by atoms with Crippen LogP contribution in [0.25, 0.3) is 0 Å². The summed E-state index contributed by atoms with van der Waals surface area (Å²) in [5.41, 5.74) is 0. The maximum atomic E-state index is 11.5. The molecule has 0 aromatic carbocycles. The van der Waals surface area contributed by atoms with Crippen LogP contribution in [-0.4, -0.2) is 50.3 Å². The lowest BCUT2D eigenvalue weighted by atomic mass is 10.1. The van der Waals surface area contributed by atoms with Gasteiger partial charge in [0.2, 0.25) is 0 Å². The van der Waals surface area contributed by atoms with Gasteiger partial charge in [-0.25, -0.2) is 0 Å². The molecule has 46 heavy (non-hydrogen) atoms. The predicted octanol–water partition coefficient (Wildman–Crippen LogP) is 10.4. The van der Waals surface area contributed by atoms with Crippen molar-refractivity contribution in [2.75, 3.05) is 26.4 Å². The first-order valence-corrected chi connectivity index (χ1v) is 19.0. The van der Waals surface area contributed by atoms with Crippen molar-refractivity contribution in [3.63, 3.8) is 0 Å². The molecule has 0 aliphatic rings. The van der Waals surface area contributed by atoms with Gasteiger partial charge in [0.25, 0.3) is 0 Å². The smallest absolute Gasteiger partial charge is 0.305 e. The fourth-order valence-corrected chi connectivity index (χ4v) is 4.52. The van der Waals surface area contributed by atoms with E-state index in [1.165, 1.54) is 38.5 Å². The zero-order valence-electron chi connectivity index (χ0n) is 30.5. The maximum absolute atomic E-state index is 11.5. The number of carbonyl (C=O) groups excluding carboxylic acids is 4. The fourth-order valence-electron chi connectivity index (χ4n) is 4.52. The standard InChI is InChI=1S/C20H38O4.C18H34O4/c1-3-5-7-9-13-17-23-19(21)15-11-12-16-20(22)24-18-14-10-8-6-4-2;1-3-5-15-21-17(19)13-11-9-7-8-10-12-14-18(20)22-16-6-4-2/h3-18H2,1-2H3;3-16H2,1-2H3. The normalized spacial score (nSPS) is 10.5. The first-order valence-electron chi connectivity index (χ1n) is 19.0. The summed E-state index contributed by atoms with van der Waals surface area (Å²) in [4.78, 5) is 45.8. The van der Waals surface area contributed by atoms with Crippen molar-refractivity contribution in [2.24, 2.45) is 0 Å². The highest BCUT2D eigenvalue weighted by atomic mass is 16.5. The number of ether oxygens (including phenoxy) is 4. The topological polar surface area (TPSA) is 105 Å². The van der Waals surface area contributed by atoms with Gasteiger partial charge in [-0.1, -0.05) is 118 Å². The molecule has 0 aliphatic heterocycles. The van der Waals surface area contributed by atoms with E-state index in [4.69, 9.17) is 18.9 Å². The quantitative estimate of drug-likeness (QED) is 0.0400. The first kappa shape index (κ1) is 46.0. The Morgan fingerprint density at radius 1 is 0.283 bits per heavy atom. The van der Waals surface area contributed by atoms with Crippen LogP contribution in [0.1, 0.15) is 195 Å². The number of carbonyl (C=O) groups is 4. The lowest BCUT2D eigenvalue weighted by Gasteiger charge is -2.06. The van der Waals surface area contributed by atoms with E-state index in [1.54, 1.807) is 0 Å². The van der Waals surface area contributed by atoms with Crippen LogP contribution in [-0.2, 0) is 38.1 Å². The van der Waals surface area contributed by atoms with Crippen molar-refractivity contribution in [2.45, 2.75) is 195 Å². The molecule has 0 bridgehead atoms. The van der Waals surface area contributed by atoms with Crippen LogP contribution in [0.15, 0.2) is 0 Å². The second kappa shape index (κ2) is 39.1. The van der Waals surface area contributed by atoms with Gasteiger partial charge >= 0.3 is 23.9 Å². The van der Waals surface area contributed by atoms with Crippen LogP contribution >= 0.6 is 0 Å². The molecule has 0 heterocycles. The molecule has 0 spiro atoms. The van der Waals surface area contributed by atoms with Gasteiger partial charge in [0.15, 0.2) is 0 Å². The predicted molar refractivity (Wildman–Crippen MR) is 187 cm³/mol. The van der Waals surface area contributed by atoms with Gasteiger partial charge in [-0.2, -0.15) is 0 Å². The minimum Gasteiger partial charge on any atom is -0.466 e. The summed E-state index contributed by atoms with van der Waals surface area (Å²) in [5.74, 6) is -0.420. The van der Waals surface area contributed by atoms with Crippen molar-refractivity contribution < 1.29 is 38.1 Å². The third-order valence-electron chi connectivity index (χ3n) is 7.57. The summed E-state index contributed by atoms with van der Waals surface area (Å²) in [6, 6.07) is 0. The molecule has 0 radical (unpaired) electrons. The van der Waals surface area contributed by atoms with E-state index in [2.05, 4.69) is 27.7 Å². The zero-order chi connectivity index (χ0) is 34.4. The van der Waals surface area contributed by atoms with E-state index >= 15 is 0 Å². The molecule has 0 saturated carbocycles. The average molecular weight is 657 g/mol. The molecule has 0 aliphatic carbocycles. The Labute approximate surface area is 282 Å². The summed E-state index contributed by atoms with van der Waals surface area (Å²) in [5, 5.41) is 0. The Morgan fingerprint density at radius 3 is 0.804 bits per heavy atom. The van der Waals surface area contributed by atoms with E-state index in [0.29, 0.717) is 65.0 Å². The highest BCUT2D eigenvalue weighted by molar-refractivity contribution is 5.70. The maximum Gasteiger partial charge on any atom is 0.305 e.